The van der Waals surface area contributed by atoms with Crippen LogP contribution in [-0.4, -0.2) is 9.97 Å². The molecule has 1 aliphatic rings. The Morgan fingerprint density at radius 3 is 2.58 bits per heavy atom. The van der Waals surface area contributed by atoms with Crippen LogP contribution in [0.25, 0.3) is 6.08 Å². The van der Waals surface area contributed by atoms with Crippen LogP contribution in [0.5, 0.6) is 0 Å². The zero-order valence-corrected chi connectivity index (χ0v) is 10.4. The Labute approximate surface area is 111 Å². The van der Waals surface area contributed by atoms with Crippen molar-refractivity contribution in [3.63, 3.8) is 0 Å². The van der Waals surface area contributed by atoms with Gasteiger partial charge in [-0.25, -0.2) is 14.4 Å². The summed E-state index contributed by atoms with van der Waals surface area (Å²) in [5, 5.41) is 3.09. The monoisotopic (exact) mass is 255 g/mol. The van der Waals surface area contributed by atoms with Crippen LogP contribution in [0.1, 0.15) is 30.1 Å². The number of hydrogen-bond acceptors (Lipinski definition) is 3. The summed E-state index contributed by atoms with van der Waals surface area (Å²) in [7, 11) is 0. The number of nitrogens with zero attached hydrogens (tertiary/aromatic N) is 2. The molecule has 0 atom stereocenters. The lowest BCUT2D eigenvalue weighted by Gasteiger charge is -2.09. The second kappa shape index (κ2) is 4.80. The van der Waals surface area contributed by atoms with Crippen LogP contribution >= 0.6 is 0 Å². The number of rotatable bonds is 4. The van der Waals surface area contributed by atoms with Crippen molar-refractivity contribution in [1.82, 2.24) is 9.97 Å². The average Bonchev–Trinajstić information content (AvgIpc) is 3.26. The minimum absolute atomic E-state index is 0.234. The number of nitrogens with one attached hydrogen (secondary N) is 1. The molecule has 0 saturated heterocycles. The fourth-order valence-electron chi connectivity index (χ4n) is 1.95. The Bertz CT molecular complexity index is 606. The molecule has 1 aromatic carbocycles. The third-order valence-corrected chi connectivity index (χ3v) is 3.09. The molecule has 3 nitrogen and oxygen atoms in total. The SMILES string of the molecule is C=Cc1nc(Nc2ccccc2)nc(C2CC2)c1F. The summed E-state index contributed by atoms with van der Waals surface area (Å²) >= 11 is 0. The fraction of sp³-hybridized carbons (Fsp3) is 0.200. The van der Waals surface area contributed by atoms with Gasteiger partial charge in [0.15, 0.2) is 5.82 Å². The number of benzene rings is 1. The smallest absolute Gasteiger partial charge is 0.228 e. The van der Waals surface area contributed by atoms with Gasteiger partial charge in [0, 0.05) is 11.6 Å². The first-order valence-corrected chi connectivity index (χ1v) is 6.30. The van der Waals surface area contributed by atoms with Gasteiger partial charge in [0.25, 0.3) is 0 Å². The predicted molar refractivity (Wildman–Crippen MR) is 73.8 cm³/mol. The molecule has 0 aliphatic heterocycles. The molecule has 96 valence electrons. The Balaban J connectivity index is 1.97. The summed E-state index contributed by atoms with van der Waals surface area (Å²) in [6, 6.07) is 9.60. The van der Waals surface area contributed by atoms with Gasteiger partial charge in [0.2, 0.25) is 5.95 Å². The Morgan fingerprint density at radius 1 is 1.21 bits per heavy atom. The van der Waals surface area contributed by atoms with Gasteiger partial charge in [-0.1, -0.05) is 24.8 Å². The Hall–Kier alpha value is -2.23. The van der Waals surface area contributed by atoms with Gasteiger partial charge < -0.3 is 5.32 Å². The first-order valence-electron chi connectivity index (χ1n) is 6.30. The minimum atomic E-state index is -0.337. The summed E-state index contributed by atoms with van der Waals surface area (Å²) in [6.45, 7) is 3.60. The molecule has 19 heavy (non-hydrogen) atoms. The lowest BCUT2D eigenvalue weighted by molar-refractivity contribution is 0.589. The van der Waals surface area contributed by atoms with Crippen LogP contribution in [0.2, 0.25) is 0 Å². The highest BCUT2D eigenvalue weighted by molar-refractivity contribution is 5.55. The van der Waals surface area contributed by atoms with E-state index in [9.17, 15) is 4.39 Å². The van der Waals surface area contributed by atoms with Crippen molar-refractivity contribution in [1.29, 1.82) is 0 Å². The summed E-state index contributed by atoms with van der Waals surface area (Å²) in [5.41, 5.74) is 1.64. The largest absolute Gasteiger partial charge is 0.324 e. The van der Waals surface area contributed by atoms with Crippen molar-refractivity contribution >= 4 is 17.7 Å². The Morgan fingerprint density at radius 2 is 1.95 bits per heavy atom. The zero-order chi connectivity index (χ0) is 13.2. The second-order valence-electron chi connectivity index (χ2n) is 4.60. The molecule has 2 aromatic rings. The lowest BCUT2D eigenvalue weighted by Crippen LogP contribution is -2.05. The molecule has 0 radical (unpaired) electrons. The van der Waals surface area contributed by atoms with Gasteiger partial charge in [-0.15, -0.1) is 0 Å². The van der Waals surface area contributed by atoms with Crippen molar-refractivity contribution in [3.8, 4) is 0 Å². The molecule has 0 amide bonds. The van der Waals surface area contributed by atoms with Crippen LogP contribution in [0, 0.1) is 5.82 Å². The fourth-order valence-corrected chi connectivity index (χ4v) is 1.95. The van der Waals surface area contributed by atoms with Crippen LogP contribution in [0.15, 0.2) is 36.9 Å². The van der Waals surface area contributed by atoms with Crippen LogP contribution in [-0.2, 0) is 0 Å². The van der Waals surface area contributed by atoms with Gasteiger partial charge in [-0.2, -0.15) is 0 Å². The van der Waals surface area contributed by atoms with E-state index in [0.717, 1.165) is 18.5 Å². The number of aromatic nitrogens is 2. The first-order chi connectivity index (χ1) is 9.28. The van der Waals surface area contributed by atoms with Crippen molar-refractivity contribution in [2.75, 3.05) is 5.32 Å². The van der Waals surface area contributed by atoms with E-state index in [1.807, 2.05) is 30.3 Å². The van der Waals surface area contributed by atoms with Gasteiger partial charge in [-0.05, 0) is 31.1 Å². The third-order valence-electron chi connectivity index (χ3n) is 3.09. The lowest BCUT2D eigenvalue weighted by atomic mass is 10.2. The van der Waals surface area contributed by atoms with E-state index >= 15 is 0 Å². The highest BCUT2D eigenvalue weighted by atomic mass is 19.1. The zero-order valence-electron chi connectivity index (χ0n) is 10.4. The van der Waals surface area contributed by atoms with E-state index in [1.54, 1.807) is 0 Å². The highest BCUT2D eigenvalue weighted by Gasteiger charge is 2.30. The van der Waals surface area contributed by atoms with E-state index in [1.165, 1.54) is 6.08 Å². The molecule has 1 aliphatic carbocycles. The first kappa shape index (κ1) is 11.8. The maximum Gasteiger partial charge on any atom is 0.228 e. The minimum Gasteiger partial charge on any atom is -0.324 e. The molecule has 1 N–H and O–H groups in total. The third kappa shape index (κ3) is 2.47. The number of halogens is 1. The van der Waals surface area contributed by atoms with Crippen molar-refractivity contribution in [2.24, 2.45) is 0 Å². The summed E-state index contributed by atoms with van der Waals surface area (Å²) in [6.07, 6.45) is 3.42. The van der Waals surface area contributed by atoms with E-state index in [-0.39, 0.29) is 17.4 Å². The predicted octanol–water partition coefficient (Wildman–Crippen LogP) is 3.88. The Kier molecular flexibility index (Phi) is 2.99. The number of anilines is 2. The summed E-state index contributed by atoms with van der Waals surface area (Å²) < 4.78 is 14.1. The highest BCUT2D eigenvalue weighted by Crippen LogP contribution is 2.41. The molecule has 0 spiro atoms. The molecule has 4 heteroatoms. The quantitative estimate of drug-likeness (QED) is 0.900. The van der Waals surface area contributed by atoms with Crippen LogP contribution < -0.4 is 5.32 Å². The maximum atomic E-state index is 14.1. The second-order valence-corrected chi connectivity index (χ2v) is 4.60. The number of para-hydroxylation sites is 1. The van der Waals surface area contributed by atoms with E-state index < -0.39 is 0 Å². The average molecular weight is 255 g/mol. The topological polar surface area (TPSA) is 37.8 Å². The van der Waals surface area contributed by atoms with Gasteiger partial charge >= 0.3 is 0 Å². The molecule has 1 saturated carbocycles. The van der Waals surface area contributed by atoms with Crippen LogP contribution in [0.3, 0.4) is 0 Å². The summed E-state index contributed by atoms with van der Waals surface area (Å²) in [5.74, 6) is 0.318. The van der Waals surface area contributed by atoms with E-state index in [2.05, 4.69) is 21.9 Å². The molecule has 1 heterocycles. The number of hydrogen-bond donors (Lipinski definition) is 1. The molecular weight excluding hydrogens is 241 g/mol. The maximum absolute atomic E-state index is 14.1. The van der Waals surface area contributed by atoms with Gasteiger partial charge in [0.1, 0.15) is 5.69 Å². The standard InChI is InChI=1S/C15H14FN3/c1-2-12-13(16)14(10-8-9-10)19-15(18-12)17-11-6-4-3-5-7-11/h2-7,10H,1,8-9H2,(H,17,18,19). The van der Waals surface area contributed by atoms with Crippen molar-refractivity contribution in [3.05, 3.63) is 54.1 Å². The molecule has 1 aromatic heterocycles. The molecular formula is C15H14FN3. The molecule has 1 fully saturated rings. The molecule has 0 unspecified atom stereocenters. The van der Waals surface area contributed by atoms with Crippen LogP contribution in [0.4, 0.5) is 16.0 Å². The van der Waals surface area contributed by atoms with E-state index in [4.69, 9.17) is 0 Å². The van der Waals surface area contributed by atoms with E-state index in [0.29, 0.717) is 11.6 Å². The summed E-state index contributed by atoms with van der Waals surface area (Å²) in [4.78, 5) is 8.43. The van der Waals surface area contributed by atoms with Gasteiger partial charge in [-0.3, -0.25) is 0 Å². The molecule has 0 bridgehead atoms. The normalized spacial score (nSPS) is 14.2. The van der Waals surface area contributed by atoms with Crippen molar-refractivity contribution in [2.45, 2.75) is 18.8 Å². The molecule has 3 rings (SSSR count). The van der Waals surface area contributed by atoms with Gasteiger partial charge in [0.05, 0.1) is 5.69 Å². The van der Waals surface area contributed by atoms with Crippen molar-refractivity contribution < 1.29 is 4.39 Å².